The van der Waals surface area contributed by atoms with E-state index in [1.165, 1.54) is 13.8 Å². The molecule has 1 aromatic heterocycles. The van der Waals surface area contributed by atoms with Gasteiger partial charge in [-0.1, -0.05) is 6.92 Å². The molecule has 0 aliphatic heterocycles. The Bertz CT molecular complexity index is 487. The molecule has 0 aliphatic carbocycles. The molecule has 0 bridgehead atoms. The quantitative estimate of drug-likeness (QED) is 0.607. The van der Waals surface area contributed by atoms with Gasteiger partial charge in [0.2, 0.25) is 0 Å². The summed E-state index contributed by atoms with van der Waals surface area (Å²) in [5.41, 5.74) is 2.04. The predicted octanol–water partition coefficient (Wildman–Crippen LogP) is 3.88. The van der Waals surface area contributed by atoms with E-state index < -0.39 is 0 Å². The fourth-order valence-corrected chi connectivity index (χ4v) is 3.68. The number of thiophene rings is 1. The minimum Gasteiger partial charge on any atom is -0.298 e. The van der Waals surface area contributed by atoms with Gasteiger partial charge in [-0.25, -0.2) is 0 Å². The highest BCUT2D eigenvalue weighted by atomic mass is 127. The van der Waals surface area contributed by atoms with Crippen molar-refractivity contribution in [2.45, 2.75) is 13.3 Å². The first kappa shape index (κ1) is 10.1. The van der Waals surface area contributed by atoms with Crippen molar-refractivity contribution in [3.05, 3.63) is 32.2 Å². The van der Waals surface area contributed by atoms with Crippen molar-refractivity contribution in [3.63, 3.8) is 0 Å². The summed E-state index contributed by atoms with van der Waals surface area (Å²) in [5.74, 6) is 0. The molecule has 1 heterocycles. The molecular weight excluding hydrogens is 307 g/mol. The van der Waals surface area contributed by atoms with Gasteiger partial charge < -0.3 is 0 Å². The second-order valence-electron chi connectivity index (χ2n) is 3.05. The van der Waals surface area contributed by atoms with Gasteiger partial charge in [0.25, 0.3) is 0 Å². The maximum atomic E-state index is 11.1. The summed E-state index contributed by atoms with van der Waals surface area (Å²) in [6.07, 6.45) is 1.90. The van der Waals surface area contributed by atoms with Gasteiger partial charge >= 0.3 is 0 Å². The Kier molecular flexibility index (Phi) is 2.88. The van der Waals surface area contributed by atoms with Gasteiger partial charge in [-0.05, 0) is 52.1 Å². The van der Waals surface area contributed by atoms with Gasteiger partial charge in [0.1, 0.15) is 0 Å². The van der Waals surface area contributed by atoms with Crippen LogP contribution >= 0.6 is 33.9 Å². The van der Waals surface area contributed by atoms with Gasteiger partial charge in [-0.2, -0.15) is 0 Å². The molecule has 0 fully saturated rings. The molecule has 0 unspecified atom stereocenters. The Hall–Kier alpha value is -0.420. The van der Waals surface area contributed by atoms with Crippen LogP contribution in [0.5, 0.6) is 0 Å². The summed E-state index contributed by atoms with van der Waals surface area (Å²) in [7, 11) is 0. The first-order valence-electron chi connectivity index (χ1n) is 4.41. The number of carbonyl (C=O) groups is 1. The molecule has 2 rings (SSSR count). The van der Waals surface area contributed by atoms with Crippen molar-refractivity contribution < 1.29 is 4.79 Å². The zero-order valence-electron chi connectivity index (χ0n) is 7.71. The van der Waals surface area contributed by atoms with Gasteiger partial charge in [0.05, 0.1) is 0 Å². The van der Waals surface area contributed by atoms with Crippen molar-refractivity contribution in [3.8, 4) is 0 Å². The number of halogens is 1. The van der Waals surface area contributed by atoms with Crippen LogP contribution in [0.25, 0.3) is 10.1 Å². The monoisotopic (exact) mass is 316 g/mol. The smallest absolute Gasteiger partial charge is 0.151 e. The molecule has 0 amide bonds. The highest BCUT2D eigenvalue weighted by Crippen LogP contribution is 2.30. The number of aldehydes is 1. The average Bonchev–Trinajstić information content (AvgIpc) is 2.62. The Morgan fingerprint density at radius 1 is 1.57 bits per heavy atom. The summed E-state index contributed by atoms with van der Waals surface area (Å²) in [6, 6.07) is 4.19. The zero-order chi connectivity index (χ0) is 10.1. The first-order valence-corrected chi connectivity index (χ1v) is 6.37. The van der Waals surface area contributed by atoms with Crippen LogP contribution in [0.4, 0.5) is 0 Å². The number of benzene rings is 1. The van der Waals surface area contributed by atoms with E-state index in [1.807, 2.05) is 11.4 Å². The van der Waals surface area contributed by atoms with Crippen LogP contribution in [0.15, 0.2) is 17.5 Å². The van der Waals surface area contributed by atoms with E-state index in [2.05, 4.69) is 35.6 Å². The van der Waals surface area contributed by atoms with Crippen molar-refractivity contribution in [2.75, 3.05) is 0 Å². The molecule has 0 spiro atoms. The molecule has 1 aromatic carbocycles. The standard InChI is InChI=1S/C11H9IOS/c1-2-7-9(6-13)8-3-4-14-11(8)5-10(7)12/h3-6H,2H2,1H3. The molecular formula is C11H9IOS. The maximum Gasteiger partial charge on any atom is 0.151 e. The van der Waals surface area contributed by atoms with Crippen LogP contribution in [-0.4, -0.2) is 6.29 Å². The number of hydrogen-bond donors (Lipinski definition) is 0. The number of rotatable bonds is 2. The maximum absolute atomic E-state index is 11.1. The molecule has 3 heteroatoms. The largest absolute Gasteiger partial charge is 0.298 e. The van der Waals surface area contributed by atoms with Crippen LogP contribution < -0.4 is 0 Å². The molecule has 72 valence electrons. The average molecular weight is 316 g/mol. The second-order valence-corrected chi connectivity index (χ2v) is 5.16. The summed E-state index contributed by atoms with van der Waals surface area (Å²) in [4.78, 5) is 11.1. The summed E-state index contributed by atoms with van der Waals surface area (Å²) in [5, 5.41) is 3.13. The van der Waals surface area contributed by atoms with Crippen LogP contribution in [0, 0.1) is 3.57 Å². The molecule has 0 saturated carbocycles. The SMILES string of the molecule is CCc1c(I)cc2sccc2c1C=O. The summed E-state index contributed by atoms with van der Waals surface area (Å²) in [6.45, 7) is 2.09. The van der Waals surface area contributed by atoms with E-state index in [0.29, 0.717) is 0 Å². The lowest BCUT2D eigenvalue weighted by Crippen LogP contribution is -1.94. The third-order valence-corrected chi connectivity index (χ3v) is 4.15. The fraction of sp³-hybridized carbons (Fsp3) is 0.182. The van der Waals surface area contributed by atoms with Gasteiger partial charge in [0, 0.05) is 19.2 Å². The highest BCUT2D eigenvalue weighted by molar-refractivity contribution is 14.1. The van der Waals surface area contributed by atoms with Crippen molar-refractivity contribution in [1.82, 2.24) is 0 Å². The molecule has 14 heavy (non-hydrogen) atoms. The summed E-state index contributed by atoms with van der Waals surface area (Å²) >= 11 is 3.99. The highest BCUT2D eigenvalue weighted by Gasteiger charge is 2.10. The molecule has 0 aliphatic rings. The molecule has 0 atom stereocenters. The van der Waals surface area contributed by atoms with Crippen LogP contribution in [0.3, 0.4) is 0 Å². The van der Waals surface area contributed by atoms with Crippen LogP contribution in [-0.2, 0) is 6.42 Å². The lowest BCUT2D eigenvalue weighted by molar-refractivity contribution is 0.112. The van der Waals surface area contributed by atoms with Crippen molar-refractivity contribution >= 4 is 50.3 Å². The molecule has 0 saturated heterocycles. The zero-order valence-corrected chi connectivity index (χ0v) is 10.7. The van der Waals surface area contributed by atoms with E-state index in [9.17, 15) is 4.79 Å². The van der Waals surface area contributed by atoms with E-state index in [1.54, 1.807) is 11.3 Å². The number of carbonyl (C=O) groups excluding carboxylic acids is 1. The molecule has 0 radical (unpaired) electrons. The Morgan fingerprint density at radius 2 is 2.36 bits per heavy atom. The minimum atomic E-state index is 0.871. The predicted molar refractivity (Wildman–Crippen MR) is 69.3 cm³/mol. The van der Waals surface area contributed by atoms with Crippen LogP contribution in [0.2, 0.25) is 0 Å². The molecule has 1 nitrogen and oxygen atoms in total. The molecule has 2 aromatic rings. The van der Waals surface area contributed by atoms with E-state index in [4.69, 9.17) is 0 Å². The van der Waals surface area contributed by atoms with E-state index >= 15 is 0 Å². The Morgan fingerprint density at radius 3 is 3.00 bits per heavy atom. The lowest BCUT2D eigenvalue weighted by atomic mass is 10.0. The first-order chi connectivity index (χ1) is 6.77. The second kappa shape index (κ2) is 3.98. The third kappa shape index (κ3) is 1.48. The summed E-state index contributed by atoms with van der Waals surface area (Å²) < 4.78 is 2.40. The number of fused-ring (bicyclic) bond motifs is 1. The third-order valence-electron chi connectivity index (χ3n) is 2.33. The Labute approximate surface area is 100 Å². The topological polar surface area (TPSA) is 17.1 Å². The van der Waals surface area contributed by atoms with Crippen molar-refractivity contribution in [2.24, 2.45) is 0 Å². The lowest BCUT2D eigenvalue weighted by Gasteiger charge is -2.06. The molecule has 0 N–H and O–H groups in total. The van der Waals surface area contributed by atoms with Crippen LogP contribution in [0.1, 0.15) is 22.8 Å². The van der Waals surface area contributed by atoms with E-state index in [-0.39, 0.29) is 0 Å². The fourth-order valence-electron chi connectivity index (χ4n) is 1.64. The van der Waals surface area contributed by atoms with E-state index in [0.717, 1.165) is 23.7 Å². The normalized spacial score (nSPS) is 10.7. The van der Waals surface area contributed by atoms with Gasteiger partial charge in [0.15, 0.2) is 6.29 Å². The van der Waals surface area contributed by atoms with Gasteiger partial charge in [-0.15, -0.1) is 11.3 Å². The van der Waals surface area contributed by atoms with Crippen molar-refractivity contribution in [1.29, 1.82) is 0 Å². The minimum absolute atomic E-state index is 0.871. The number of hydrogen-bond acceptors (Lipinski definition) is 2. The van der Waals surface area contributed by atoms with Gasteiger partial charge in [-0.3, -0.25) is 4.79 Å². The Balaban J connectivity index is 2.88.